The molecule has 0 aromatic heterocycles. The molecule has 5 N–H and O–H groups in total. The highest BCUT2D eigenvalue weighted by atomic mass is 31.2. The van der Waals surface area contributed by atoms with Gasteiger partial charge in [0.1, 0.15) is 6.29 Å². The van der Waals surface area contributed by atoms with Crippen LogP contribution >= 0.6 is 22.8 Å². The van der Waals surface area contributed by atoms with E-state index in [4.69, 9.17) is 13.6 Å². The van der Waals surface area contributed by atoms with Crippen LogP contribution in [0.2, 0.25) is 0 Å². The van der Waals surface area contributed by atoms with E-state index in [2.05, 4.69) is 10.6 Å². The molecule has 0 aromatic carbocycles. The Morgan fingerprint density at radius 1 is 0.700 bits per heavy atom. The van der Waals surface area contributed by atoms with Crippen LogP contribution in [0.25, 0.3) is 0 Å². The monoisotopic (exact) mass is 497 g/mol. The molecule has 30 heavy (non-hydrogen) atoms. The third-order valence-corrected chi connectivity index (χ3v) is 7.64. The SMILES string of the molecule is CCOP(=O)(O)CNCCCN(CCCNCP(=O)(O)OCC)CP(=O)(O)OCC. The summed E-state index contributed by atoms with van der Waals surface area (Å²) in [6.45, 7) is 7.12. The number of hydrogen-bond acceptors (Lipinski definition) is 9. The molecule has 0 radical (unpaired) electrons. The van der Waals surface area contributed by atoms with Crippen LogP contribution in [-0.2, 0) is 27.3 Å². The zero-order chi connectivity index (χ0) is 23.1. The molecule has 0 saturated carbocycles. The third kappa shape index (κ3) is 17.0. The van der Waals surface area contributed by atoms with Crippen molar-refractivity contribution in [2.75, 3.05) is 64.9 Å². The molecule has 0 fully saturated rings. The maximum absolute atomic E-state index is 12.1. The van der Waals surface area contributed by atoms with Gasteiger partial charge in [0.2, 0.25) is 0 Å². The summed E-state index contributed by atoms with van der Waals surface area (Å²) in [5, 5.41) is 5.69. The zero-order valence-corrected chi connectivity index (χ0v) is 20.7. The molecule has 0 saturated heterocycles. The first kappa shape index (κ1) is 30.3. The van der Waals surface area contributed by atoms with Crippen LogP contribution in [0.5, 0.6) is 0 Å². The summed E-state index contributed by atoms with van der Waals surface area (Å²) in [5.74, 6) is 0. The van der Waals surface area contributed by atoms with Crippen molar-refractivity contribution in [2.24, 2.45) is 0 Å². The summed E-state index contributed by atoms with van der Waals surface area (Å²) in [4.78, 5) is 30.7. The lowest BCUT2D eigenvalue weighted by Gasteiger charge is -2.24. The van der Waals surface area contributed by atoms with E-state index in [1.165, 1.54) is 0 Å². The molecular formula is C15H38N3O9P3. The van der Waals surface area contributed by atoms with Gasteiger partial charge in [-0.2, -0.15) is 0 Å². The largest absolute Gasteiger partial charge is 0.341 e. The molecule has 0 aliphatic carbocycles. The Bertz CT molecular complexity index is 561. The molecule has 182 valence electrons. The lowest BCUT2D eigenvalue weighted by molar-refractivity contribution is 0.231. The van der Waals surface area contributed by atoms with E-state index in [1.807, 2.05) is 0 Å². The van der Waals surface area contributed by atoms with Crippen LogP contribution in [-0.4, -0.2) is 84.4 Å². The highest BCUT2D eigenvalue weighted by Gasteiger charge is 2.23. The second-order valence-electron chi connectivity index (χ2n) is 6.45. The van der Waals surface area contributed by atoms with Crippen molar-refractivity contribution in [3.05, 3.63) is 0 Å². The average Bonchev–Trinajstić information content (AvgIpc) is 2.60. The van der Waals surface area contributed by atoms with Gasteiger partial charge in [-0.3, -0.25) is 18.6 Å². The first-order valence-electron chi connectivity index (χ1n) is 9.99. The van der Waals surface area contributed by atoms with Crippen molar-refractivity contribution in [3.8, 4) is 0 Å². The summed E-state index contributed by atoms with van der Waals surface area (Å²) in [6.07, 6.45) is 0.673. The molecule has 0 bridgehead atoms. The first-order valence-corrected chi connectivity index (χ1v) is 15.3. The molecule has 3 atom stereocenters. The summed E-state index contributed by atoms with van der Waals surface area (Å²) >= 11 is 0. The van der Waals surface area contributed by atoms with Crippen molar-refractivity contribution in [1.82, 2.24) is 15.5 Å². The molecule has 0 aromatic rings. The lowest BCUT2D eigenvalue weighted by atomic mass is 10.3. The summed E-state index contributed by atoms with van der Waals surface area (Å²) in [5.41, 5.74) is 0. The second-order valence-corrected chi connectivity index (χ2v) is 12.0. The van der Waals surface area contributed by atoms with Gasteiger partial charge in [0.15, 0.2) is 0 Å². The average molecular weight is 497 g/mol. The topological polar surface area (TPSA) is 167 Å². The minimum atomic E-state index is -3.75. The van der Waals surface area contributed by atoms with Crippen LogP contribution in [0.15, 0.2) is 0 Å². The van der Waals surface area contributed by atoms with Gasteiger partial charge < -0.3 is 38.9 Å². The fraction of sp³-hybridized carbons (Fsp3) is 1.00. The highest BCUT2D eigenvalue weighted by Crippen LogP contribution is 2.42. The van der Waals surface area contributed by atoms with Gasteiger partial charge >= 0.3 is 22.8 Å². The molecule has 0 aliphatic heterocycles. The van der Waals surface area contributed by atoms with Gasteiger partial charge in [-0.25, -0.2) is 0 Å². The molecule has 0 rings (SSSR count). The fourth-order valence-corrected chi connectivity index (χ4v) is 5.68. The normalized spacial score (nSPS) is 18.1. The Morgan fingerprint density at radius 3 is 1.43 bits per heavy atom. The van der Waals surface area contributed by atoms with Crippen LogP contribution in [0, 0.1) is 0 Å². The van der Waals surface area contributed by atoms with Gasteiger partial charge in [-0.1, -0.05) is 0 Å². The van der Waals surface area contributed by atoms with Crippen molar-refractivity contribution >= 4 is 22.8 Å². The smallest absolute Gasteiger partial charge is 0.323 e. The fourth-order valence-electron chi connectivity index (χ4n) is 2.54. The molecular weight excluding hydrogens is 459 g/mol. The van der Waals surface area contributed by atoms with E-state index in [1.54, 1.807) is 25.7 Å². The molecule has 3 unspecified atom stereocenters. The zero-order valence-electron chi connectivity index (χ0n) is 18.1. The molecule has 0 aliphatic rings. The van der Waals surface area contributed by atoms with Crippen LogP contribution in [0.1, 0.15) is 33.6 Å². The predicted octanol–water partition coefficient (Wildman–Crippen LogP) is 1.79. The van der Waals surface area contributed by atoms with Gasteiger partial charge in [0.05, 0.1) is 32.4 Å². The standard InChI is InChI=1S/C15H38N3O9P3/c1-4-25-28(19,20)13-16-9-7-11-18(15-30(23,24)27-6-3)12-8-10-17-14-29(21,22)26-5-2/h16-17H,4-15H2,1-3H3,(H,19,20)(H,21,22)(H,23,24). The van der Waals surface area contributed by atoms with Crippen LogP contribution < -0.4 is 10.6 Å². The molecule has 12 nitrogen and oxygen atoms in total. The van der Waals surface area contributed by atoms with E-state index in [0.717, 1.165) is 0 Å². The highest BCUT2D eigenvalue weighted by molar-refractivity contribution is 7.53. The maximum atomic E-state index is 12.1. The van der Waals surface area contributed by atoms with E-state index in [0.29, 0.717) is 39.0 Å². The number of hydrogen-bond donors (Lipinski definition) is 5. The molecule has 15 heteroatoms. The summed E-state index contributed by atoms with van der Waals surface area (Å²) in [7, 11) is -11.0. The van der Waals surface area contributed by atoms with E-state index in [9.17, 15) is 28.4 Å². The Kier molecular flexibility index (Phi) is 16.2. The van der Waals surface area contributed by atoms with Crippen molar-refractivity contribution < 1.29 is 41.9 Å². The molecule has 0 spiro atoms. The van der Waals surface area contributed by atoms with Crippen molar-refractivity contribution in [2.45, 2.75) is 33.6 Å². The predicted molar refractivity (Wildman–Crippen MR) is 116 cm³/mol. The van der Waals surface area contributed by atoms with Crippen LogP contribution in [0.4, 0.5) is 0 Å². The Hall–Kier alpha value is 0.330. The quantitative estimate of drug-likeness (QED) is 0.122. The van der Waals surface area contributed by atoms with Gasteiger partial charge in [-0.15, -0.1) is 0 Å². The van der Waals surface area contributed by atoms with Crippen molar-refractivity contribution in [3.63, 3.8) is 0 Å². The first-order chi connectivity index (χ1) is 14.0. The minimum Gasteiger partial charge on any atom is -0.323 e. The van der Waals surface area contributed by atoms with Crippen molar-refractivity contribution in [1.29, 1.82) is 0 Å². The van der Waals surface area contributed by atoms with Crippen LogP contribution in [0.3, 0.4) is 0 Å². The number of rotatable bonds is 20. The van der Waals surface area contributed by atoms with Gasteiger partial charge in [-0.05, 0) is 59.8 Å². The third-order valence-electron chi connectivity index (χ3n) is 3.65. The van der Waals surface area contributed by atoms with E-state index in [-0.39, 0.29) is 38.7 Å². The lowest BCUT2D eigenvalue weighted by Crippen LogP contribution is -2.32. The number of nitrogens with one attached hydrogen (secondary N) is 2. The summed E-state index contributed by atoms with van der Waals surface area (Å²) < 4.78 is 49.8. The van der Waals surface area contributed by atoms with E-state index < -0.39 is 22.8 Å². The summed E-state index contributed by atoms with van der Waals surface area (Å²) in [6, 6.07) is 0. The Balaban J connectivity index is 4.40. The molecule has 0 heterocycles. The second kappa shape index (κ2) is 16.0. The number of nitrogens with zero attached hydrogens (tertiary/aromatic N) is 1. The van der Waals surface area contributed by atoms with Gasteiger partial charge in [0.25, 0.3) is 0 Å². The Morgan fingerprint density at radius 2 is 1.07 bits per heavy atom. The van der Waals surface area contributed by atoms with E-state index >= 15 is 0 Å². The Labute approximate surface area is 179 Å². The van der Waals surface area contributed by atoms with Gasteiger partial charge in [0, 0.05) is 0 Å². The molecule has 0 amide bonds. The minimum absolute atomic E-state index is 0.122. The maximum Gasteiger partial charge on any atom is 0.341 e.